The predicted octanol–water partition coefficient (Wildman–Crippen LogP) is 1.24. The zero-order valence-electron chi connectivity index (χ0n) is 12.4. The van der Waals surface area contributed by atoms with Crippen LogP contribution in [0.4, 0.5) is 0 Å². The van der Waals surface area contributed by atoms with Crippen molar-refractivity contribution in [2.24, 2.45) is 0 Å². The number of furan rings is 1. The summed E-state index contributed by atoms with van der Waals surface area (Å²) in [5, 5.41) is 2.74. The third kappa shape index (κ3) is 4.41. The summed E-state index contributed by atoms with van der Waals surface area (Å²) >= 11 is 0. The summed E-state index contributed by atoms with van der Waals surface area (Å²) in [5.41, 5.74) is 0.278. The van der Waals surface area contributed by atoms with Crippen molar-refractivity contribution in [3.05, 3.63) is 48.4 Å². The van der Waals surface area contributed by atoms with Crippen molar-refractivity contribution in [3.8, 4) is 0 Å². The molecule has 0 unspecified atom stereocenters. The minimum atomic E-state index is -0.227. The van der Waals surface area contributed by atoms with Gasteiger partial charge in [-0.25, -0.2) is 4.98 Å². The van der Waals surface area contributed by atoms with Crippen LogP contribution in [0.2, 0.25) is 0 Å². The van der Waals surface area contributed by atoms with E-state index in [0.29, 0.717) is 25.4 Å². The molecule has 2 rings (SSSR count). The average molecular weight is 302 g/mol. The lowest BCUT2D eigenvalue weighted by Gasteiger charge is -2.19. The van der Waals surface area contributed by atoms with Crippen molar-refractivity contribution in [2.45, 2.75) is 19.9 Å². The van der Waals surface area contributed by atoms with Crippen LogP contribution in [0.25, 0.3) is 0 Å². The Balaban J connectivity index is 1.80. The van der Waals surface area contributed by atoms with Gasteiger partial charge in [-0.2, -0.15) is 0 Å². The zero-order chi connectivity index (χ0) is 15.8. The number of aromatic nitrogens is 2. The molecule has 0 aliphatic rings. The highest BCUT2D eigenvalue weighted by Crippen LogP contribution is 2.02. The van der Waals surface area contributed by atoms with E-state index in [0.717, 1.165) is 0 Å². The predicted molar refractivity (Wildman–Crippen MR) is 78.8 cm³/mol. The van der Waals surface area contributed by atoms with E-state index in [1.807, 2.05) is 6.92 Å². The number of carbonyl (C=O) groups excluding carboxylic acids is 2. The molecular weight excluding hydrogens is 284 g/mol. The highest BCUT2D eigenvalue weighted by molar-refractivity contribution is 5.92. The van der Waals surface area contributed by atoms with Crippen molar-refractivity contribution >= 4 is 11.8 Å². The van der Waals surface area contributed by atoms with Crippen LogP contribution < -0.4 is 5.32 Å². The summed E-state index contributed by atoms with van der Waals surface area (Å²) in [6, 6.07) is 3.55. The Labute approximate surface area is 128 Å². The number of hydrogen-bond donors (Lipinski definition) is 1. The first-order valence-electron chi connectivity index (χ1n) is 7.05. The summed E-state index contributed by atoms with van der Waals surface area (Å²) in [7, 11) is 0. The van der Waals surface area contributed by atoms with Gasteiger partial charge in [0.25, 0.3) is 5.91 Å². The molecule has 2 amide bonds. The van der Waals surface area contributed by atoms with Crippen molar-refractivity contribution in [2.75, 3.05) is 13.1 Å². The molecule has 116 valence electrons. The van der Waals surface area contributed by atoms with Crippen LogP contribution in [0.5, 0.6) is 0 Å². The van der Waals surface area contributed by atoms with Crippen molar-refractivity contribution in [1.29, 1.82) is 0 Å². The summed E-state index contributed by atoms with van der Waals surface area (Å²) < 4.78 is 5.13. The van der Waals surface area contributed by atoms with E-state index in [2.05, 4.69) is 15.3 Å². The Hall–Kier alpha value is -2.70. The molecule has 0 aliphatic carbocycles. The molecule has 0 saturated carbocycles. The monoisotopic (exact) mass is 302 g/mol. The summed E-state index contributed by atoms with van der Waals surface area (Å²) in [6.45, 7) is 3.03. The first kappa shape index (κ1) is 15.7. The van der Waals surface area contributed by atoms with E-state index < -0.39 is 0 Å². The molecule has 0 atom stereocenters. The third-order valence-electron chi connectivity index (χ3n) is 3.10. The van der Waals surface area contributed by atoms with Crippen LogP contribution in [0.1, 0.15) is 29.6 Å². The van der Waals surface area contributed by atoms with Gasteiger partial charge in [0.1, 0.15) is 11.5 Å². The molecule has 2 aromatic heterocycles. The van der Waals surface area contributed by atoms with Crippen LogP contribution in [0, 0.1) is 0 Å². The molecule has 1 N–H and O–H groups in total. The SMILES string of the molecule is CCN(CCC(=O)NCc1ccco1)C(=O)c1cnccn1. The number of carbonyl (C=O) groups is 2. The molecule has 0 spiro atoms. The van der Waals surface area contributed by atoms with Crippen molar-refractivity contribution in [1.82, 2.24) is 20.2 Å². The molecule has 0 aliphatic heterocycles. The maximum absolute atomic E-state index is 12.2. The van der Waals surface area contributed by atoms with Gasteiger partial charge in [0.2, 0.25) is 5.91 Å². The number of amides is 2. The molecule has 22 heavy (non-hydrogen) atoms. The normalized spacial score (nSPS) is 10.2. The number of nitrogens with zero attached hydrogens (tertiary/aromatic N) is 3. The van der Waals surface area contributed by atoms with E-state index in [9.17, 15) is 9.59 Å². The minimum absolute atomic E-state index is 0.137. The van der Waals surface area contributed by atoms with Gasteiger partial charge < -0.3 is 14.6 Å². The molecule has 2 aromatic rings. The van der Waals surface area contributed by atoms with E-state index in [1.165, 1.54) is 18.6 Å². The molecule has 0 radical (unpaired) electrons. The smallest absolute Gasteiger partial charge is 0.274 e. The summed E-state index contributed by atoms with van der Waals surface area (Å²) in [5.74, 6) is 0.326. The van der Waals surface area contributed by atoms with Gasteiger partial charge in [-0.1, -0.05) is 0 Å². The Kier molecular flexibility index (Phi) is 5.65. The van der Waals surface area contributed by atoms with Crippen LogP contribution in [-0.4, -0.2) is 39.8 Å². The van der Waals surface area contributed by atoms with Gasteiger partial charge >= 0.3 is 0 Å². The lowest BCUT2D eigenvalue weighted by atomic mass is 10.3. The number of hydrogen-bond acceptors (Lipinski definition) is 5. The Bertz CT molecular complexity index is 599. The molecule has 0 aromatic carbocycles. The molecule has 7 heteroatoms. The van der Waals surface area contributed by atoms with E-state index in [-0.39, 0.29) is 23.9 Å². The fourth-order valence-electron chi connectivity index (χ4n) is 1.90. The summed E-state index contributed by atoms with van der Waals surface area (Å²) in [6.07, 6.45) is 6.18. The number of nitrogens with one attached hydrogen (secondary N) is 1. The van der Waals surface area contributed by atoms with Crippen LogP contribution in [0.3, 0.4) is 0 Å². The highest BCUT2D eigenvalue weighted by atomic mass is 16.3. The lowest BCUT2D eigenvalue weighted by molar-refractivity contribution is -0.121. The lowest BCUT2D eigenvalue weighted by Crippen LogP contribution is -2.35. The molecule has 2 heterocycles. The van der Waals surface area contributed by atoms with Crippen LogP contribution >= 0.6 is 0 Å². The largest absolute Gasteiger partial charge is 0.467 e. The Morgan fingerprint density at radius 2 is 2.23 bits per heavy atom. The second-order valence-electron chi connectivity index (χ2n) is 4.58. The molecule has 7 nitrogen and oxygen atoms in total. The maximum atomic E-state index is 12.2. The van der Waals surface area contributed by atoms with Gasteiger partial charge in [-0.15, -0.1) is 0 Å². The van der Waals surface area contributed by atoms with Crippen LogP contribution in [-0.2, 0) is 11.3 Å². The first-order valence-corrected chi connectivity index (χ1v) is 7.05. The van der Waals surface area contributed by atoms with Gasteiger partial charge in [-0.05, 0) is 19.1 Å². The summed E-state index contributed by atoms with van der Waals surface area (Å²) in [4.78, 5) is 33.4. The molecule has 0 fully saturated rings. The third-order valence-corrected chi connectivity index (χ3v) is 3.10. The van der Waals surface area contributed by atoms with E-state index in [4.69, 9.17) is 4.42 Å². The van der Waals surface area contributed by atoms with Crippen molar-refractivity contribution in [3.63, 3.8) is 0 Å². The first-order chi connectivity index (χ1) is 10.7. The fourth-order valence-corrected chi connectivity index (χ4v) is 1.90. The van der Waals surface area contributed by atoms with Crippen molar-refractivity contribution < 1.29 is 14.0 Å². The van der Waals surface area contributed by atoms with Gasteiger partial charge in [0, 0.05) is 31.9 Å². The minimum Gasteiger partial charge on any atom is -0.467 e. The van der Waals surface area contributed by atoms with Gasteiger partial charge in [0.15, 0.2) is 0 Å². The maximum Gasteiger partial charge on any atom is 0.274 e. The average Bonchev–Trinajstić information content (AvgIpc) is 3.07. The quantitative estimate of drug-likeness (QED) is 0.831. The highest BCUT2D eigenvalue weighted by Gasteiger charge is 2.16. The Morgan fingerprint density at radius 3 is 2.86 bits per heavy atom. The second-order valence-corrected chi connectivity index (χ2v) is 4.58. The molecular formula is C15H18N4O3. The molecule has 0 saturated heterocycles. The topological polar surface area (TPSA) is 88.3 Å². The zero-order valence-corrected chi connectivity index (χ0v) is 12.4. The molecule has 0 bridgehead atoms. The van der Waals surface area contributed by atoms with E-state index >= 15 is 0 Å². The fraction of sp³-hybridized carbons (Fsp3) is 0.333. The van der Waals surface area contributed by atoms with Crippen LogP contribution in [0.15, 0.2) is 41.4 Å². The van der Waals surface area contributed by atoms with E-state index in [1.54, 1.807) is 23.3 Å². The van der Waals surface area contributed by atoms with Gasteiger partial charge in [-0.3, -0.25) is 14.6 Å². The standard InChI is InChI=1S/C15H18N4O3/c1-2-19(15(21)13-11-16-6-7-17-13)8-5-14(20)18-10-12-4-3-9-22-12/h3-4,6-7,9,11H,2,5,8,10H2,1H3,(H,18,20). The van der Waals surface area contributed by atoms with Gasteiger partial charge in [0.05, 0.1) is 19.0 Å². The second kappa shape index (κ2) is 7.92. The Morgan fingerprint density at radius 1 is 1.36 bits per heavy atom. The number of rotatable bonds is 7.